The molecule has 0 heterocycles. The Balaban J connectivity index is 1.69. The standard InChI is InChI=1S/C15H16BrNO2/c16-12-9-13(17)11-15(10-12)19-8-4-7-18-14-5-2-1-3-6-14/h1-3,5-6,9-11H,4,7-8,17H2. The predicted molar refractivity (Wildman–Crippen MR) is 80.6 cm³/mol. The van der Waals surface area contributed by atoms with E-state index in [9.17, 15) is 0 Å². The number of anilines is 1. The highest BCUT2D eigenvalue weighted by Gasteiger charge is 1.98. The van der Waals surface area contributed by atoms with Crippen molar-refractivity contribution in [3.8, 4) is 11.5 Å². The van der Waals surface area contributed by atoms with Gasteiger partial charge in [-0.1, -0.05) is 34.1 Å². The molecule has 100 valence electrons. The van der Waals surface area contributed by atoms with Crippen LogP contribution in [0.4, 0.5) is 5.69 Å². The molecule has 0 saturated heterocycles. The Bertz CT molecular complexity index is 497. The van der Waals surface area contributed by atoms with E-state index >= 15 is 0 Å². The predicted octanol–water partition coefficient (Wildman–Crippen LogP) is 3.88. The number of hydrogen-bond acceptors (Lipinski definition) is 3. The average molecular weight is 322 g/mol. The van der Waals surface area contributed by atoms with Gasteiger partial charge in [0.15, 0.2) is 0 Å². The summed E-state index contributed by atoms with van der Waals surface area (Å²) < 4.78 is 12.1. The summed E-state index contributed by atoms with van der Waals surface area (Å²) >= 11 is 3.38. The lowest BCUT2D eigenvalue weighted by Gasteiger charge is -2.09. The Labute approximate surface area is 121 Å². The summed E-state index contributed by atoms with van der Waals surface area (Å²) in [5.41, 5.74) is 6.42. The van der Waals surface area contributed by atoms with E-state index in [2.05, 4.69) is 15.9 Å². The maximum absolute atomic E-state index is 5.73. The van der Waals surface area contributed by atoms with Gasteiger partial charge in [-0.3, -0.25) is 0 Å². The van der Waals surface area contributed by atoms with E-state index in [1.807, 2.05) is 48.5 Å². The molecular formula is C15H16BrNO2. The molecule has 2 rings (SSSR count). The molecule has 2 N–H and O–H groups in total. The van der Waals surface area contributed by atoms with Gasteiger partial charge in [-0.15, -0.1) is 0 Å². The van der Waals surface area contributed by atoms with E-state index < -0.39 is 0 Å². The molecule has 0 spiro atoms. The number of hydrogen-bond donors (Lipinski definition) is 1. The van der Waals surface area contributed by atoms with Crippen molar-refractivity contribution < 1.29 is 9.47 Å². The minimum absolute atomic E-state index is 0.600. The van der Waals surface area contributed by atoms with Gasteiger partial charge in [0.2, 0.25) is 0 Å². The van der Waals surface area contributed by atoms with Gasteiger partial charge < -0.3 is 15.2 Å². The largest absolute Gasteiger partial charge is 0.493 e. The zero-order valence-electron chi connectivity index (χ0n) is 10.5. The van der Waals surface area contributed by atoms with Gasteiger partial charge in [0.05, 0.1) is 13.2 Å². The molecule has 19 heavy (non-hydrogen) atoms. The number of rotatable bonds is 6. The third-order valence-corrected chi connectivity index (χ3v) is 2.92. The molecular weight excluding hydrogens is 306 g/mol. The first kappa shape index (κ1) is 13.7. The number of nitrogen functional groups attached to an aromatic ring is 1. The van der Waals surface area contributed by atoms with Crippen LogP contribution in [0.3, 0.4) is 0 Å². The van der Waals surface area contributed by atoms with Gasteiger partial charge in [0.1, 0.15) is 11.5 Å². The van der Waals surface area contributed by atoms with Gasteiger partial charge in [0, 0.05) is 22.6 Å². The molecule has 0 atom stereocenters. The fourth-order valence-corrected chi connectivity index (χ4v) is 2.11. The minimum atomic E-state index is 0.600. The van der Waals surface area contributed by atoms with E-state index in [0.29, 0.717) is 18.9 Å². The Hall–Kier alpha value is -1.68. The van der Waals surface area contributed by atoms with Crippen molar-refractivity contribution in [2.45, 2.75) is 6.42 Å². The smallest absolute Gasteiger partial charge is 0.122 e. The van der Waals surface area contributed by atoms with Gasteiger partial charge in [0.25, 0.3) is 0 Å². The highest BCUT2D eigenvalue weighted by atomic mass is 79.9. The first-order valence-corrected chi connectivity index (χ1v) is 6.90. The summed E-state index contributed by atoms with van der Waals surface area (Å²) in [4.78, 5) is 0. The molecule has 3 nitrogen and oxygen atoms in total. The lowest BCUT2D eigenvalue weighted by Crippen LogP contribution is -2.05. The van der Waals surface area contributed by atoms with Crippen LogP contribution in [-0.4, -0.2) is 13.2 Å². The molecule has 0 radical (unpaired) electrons. The van der Waals surface area contributed by atoms with E-state index in [4.69, 9.17) is 15.2 Å². The lowest BCUT2D eigenvalue weighted by atomic mass is 10.3. The van der Waals surface area contributed by atoms with Crippen LogP contribution in [0, 0.1) is 0 Å². The van der Waals surface area contributed by atoms with Crippen molar-refractivity contribution in [3.05, 3.63) is 53.0 Å². The number of ether oxygens (including phenoxy) is 2. The van der Waals surface area contributed by atoms with E-state index in [1.54, 1.807) is 0 Å². The van der Waals surface area contributed by atoms with E-state index in [1.165, 1.54) is 0 Å². The molecule has 0 saturated carbocycles. The van der Waals surface area contributed by atoms with Gasteiger partial charge >= 0.3 is 0 Å². The van der Waals surface area contributed by atoms with Crippen LogP contribution >= 0.6 is 15.9 Å². The Morgan fingerprint density at radius 3 is 2.26 bits per heavy atom. The maximum atomic E-state index is 5.73. The molecule has 0 aliphatic heterocycles. The molecule has 0 aromatic heterocycles. The summed E-state index contributed by atoms with van der Waals surface area (Å²) in [5.74, 6) is 1.65. The molecule has 0 amide bonds. The van der Waals surface area contributed by atoms with Crippen LogP contribution in [0.15, 0.2) is 53.0 Å². The highest BCUT2D eigenvalue weighted by molar-refractivity contribution is 9.10. The van der Waals surface area contributed by atoms with Crippen molar-refractivity contribution >= 4 is 21.6 Å². The normalized spacial score (nSPS) is 10.2. The van der Waals surface area contributed by atoms with Crippen LogP contribution < -0.4 is 15.2 Å². The molecule has 2 aromatic rings. The van der Waals surface area contributed by atoms with Crippen molar-refractivity contribution in [2.75, 3.05) is 18.9 Å². The molecule has 0 fully saturated rings. The fourth-order valence-electron chi connectivity index (χ4n) is 1.62. The molecule has 0 bridgehead atoms. The summed E-state index contributed by atoms with van der Waals surface area (Å²) in [6.45, 7) is 1.23. The average Bonchev–Trinajstić information content (AvgIpc) is 2.38. The fraction of sp³-hybridized carbons (Fsp3) is 0.200. The minimum Gasteiger partial charge on any atom is -0.493 e. The van der Waals surface area contributed by atoms with Crippen molar-refractivity contribution in [1.29, 1.82) is 0 Å². The Kier molecular flexibility index (Phi) is 5.10. The van der Waals surface area contributed by atoms with E-state index in [-0.39, 0.29) is 0 Å². The molecule has 0 aliphatic rings. The van der Waals surface area contributed by atoms with Crippen molar-refractivity contribution in [3.63, 3.8) is 0 Å². The highest BCUT2D eigenvalue weighted by Crippen LogP contribution is 2.22. The SMILES string of the molecule is Nc1cc(Br)cc(OCCCOc2ccccc2)c1. The lowest BCUT2D eigenvalue weighted by molar-refractivity contribution is 0.247. The first-order chi connectivity index (χ1) is 9.24. The van der Waals surface area contributed by atoms with E-state index in [0.717, 1.165) is 22.4 Å². The monoisotopic (exact) mass is 321 g/mol. The molecule has 0 unspecified atom stereocenters. The van der Waals surface area contributed by atoms with Gasteiger partial charge in [-0.2, -0.15) is 0 Å². The third kappa shape index (κ3) is 4.83. The van der Waals surface area contributed by atoms with Gasteiger partial charge in [-0.05, 0) is 24.3 Å². The number of nitrogens with two attached hydrogens (primary N) is 1. The number of halogens is 1. The first-order valence-electron chi connectivity index (χ1n) is 6.11. The quantitative estimate of drug-likeness (QED) is 0.648. The van der Waals surface area contributed by atoms with Gasteiger partial charge in [-0.25, -0.2) is 0 Å². The van der Waals surface area contributed by atoms with Crippen molar-refractivity contribution in [1.82, 2.24) is 0 Å². The summed E-state index contributed by atoms with van der Waals surface area (Å²) in [6, 6.07) is 15.3. The summed E-state index contributed by atoms with van der Waals surface area (Å²) in [5, 5.41) is 0. The maximum Gasteiger partial charge on any atom is 0.122 e. The zero-order chi connectivity index (χ0) is 13.5. The zero-order valence-corrected chi connectivity index (χ0v) is 12.1. The van der Waals surface area contributed by atoms with Crippen LogP contribution in [0.5, 0.6) is 11.5 Å². The summed E-state index contributed by atoms with van der Waals surface area (Å²) in [6.07, 6.45) is 0.821. The topological polar surface area (TPSA) is 44.5 Å². The second-order valence-electron chi connectivity index (χ2n) is 4.08. The number of benzene rings is 2. The van der Waals surface area contributed by atoms with Crippen LogP contribution in [-0.2, 0) is 0 Å². The van der Waals surface area contributed by atoms with Crippen LogP contribution in [0.25, 0.3) is 0 Å². The Morgan fingerprint density at radius 1 is 0.895 bits per heavy atom. The van der Waals surface area contributed by atoms with Crippen LogP contribution in [0.1, 0.15) is 6.42 Å². The van der Waals surface area contributed by atoms with Crippen molar-refractivity contribution in [2.24, 2.45) is 0 Å². The second kappa shape index (κ2) is 7.04. The second-order valence-corrected chi connectivity index (χ2v) is 5.00. The molecule has 0 aliphatic carbocycles. The third-order valence-electron chi connectivity index (χ3n) is 2.46. The summed E-state index contributed by atoms with van der Waals surface area (Å²) in [7, 11) is 0. The molecule has 2 aromatic carbocycles. The Morgan fingerprint density at radius 2 is 1.58 bits per heavy atom. The van der Waals surface area contributed by atoms with Crippen LogP contribution in [0.2, 0.25) is 0 Å². The number of para-hydroxylation sites is 1. The molecule has 4 heteroatoms.